The molecule has 0 heterocycles. The molecule has 0 nitrogen and oxygen atoms in total. The number of allylic oxidation sites excluding steroid dienone is 1. The van der Waals surface area contributed by atoms with Crippen LogP contribution in [0, 0.1) is 20.8 Å². The highest BCUT2D eigenvalue weighted by molar-refractivity contribution is 9.09. The zero-order valence-corrected chi connectivity index (χ0v) is 11.8. The van der Waals surface area contributed by atoms with Crippen LogP contribution in [-0.4, -0.2) is 4.83 Å². The molecular weight excluding hydrogens is 248 g/mol. The van der Waals surface area contributed by atoms with Crippen molar-refractivity contribution in [3.63, 3.8) is 0 Å². The van der Waals surface area contributed by atoms with Gasteiger partial charge in [0.2, 0.25) is 0 Å². The zero-order valence-electron chi connectivity index (χ0n) is 10.2. The van der Waals surface area contributed by atoms with Crippen molar-refractivity contribution >= 4 is 22.0 Å². The van der Waals surface area contributed by atoms with E-state index in [1.807, 2.05) is 0 Å². The maximum Gasteiger partial charge on any atom is 0.0326 e. The van der Waals surface area contributed by atoms with Gasteiger partial charge in [-0.1, -0.05) is 45.3 Å². The Morgan fingerprint density at radius 2 is 1.67 bits per heavy atom. The van der Waals surface area contributed by atoms with Crippen molar-refractivity contribution < 1.29 is 0 Å². The van der Waals surface area contributed by atoms with E-state index in [-0.39, 0.29) is 0 Å². The van der Waals surface area contributed by atoms with E-state index < -0.39 is 0 Å². The second kappa shape index (κ2) is 4.98. The summed E-state index contributed by atoms with van der Waals surface area (Å²) in [5.74, 6) is 0. The number of alkyl halides is 1. The summed E-state index contributed by atoms with van der Waals surface area (Å²) in [5.41, 5.74) is 6.79. The Kier molecular flexibility index (Phi) is 4.15. The molecule has 0 saturated carbocycles. The van der Waals surface area contributed by atoms with E-state index in [1.54, 1.807) is 0 Å². The Balaban J connectivity index is 3.21. The van der Waals surface area contributed by atoms with Crippen molar-refractivity contribution in [1.82, 2.24) is 0 Å². The van der Waals surface area contributed by atoms with Crippen LogP contribution in [0.15, 0.2) is 17.7 Å². The number of benzene rings is 1. The molecule has 0 N–H and O–H groups in total. The Hall–Kier alpha value is -0.560. The maximum atomic E-state index is 3.59. The fourth-order valence-corrected chi connectivity index (χ4v) is 1.89. The SMILES string of the molecule is C/C(=C\c1c(C)cc(C)cc1C)C(C)Br. The molecule has 0 saturated heterocycles. The van der Waals surface area contributed by atoms with Crippen molar-refractivity contribution in [3.8, 4) is 0 Å². The van der Waals surface area contributed by atoms with E-state index in [4.69, 9.17) is 0 Å². The van der Waals surface area contributed by atoms with E-state index in [1.165, 1.54) is 27.8 Å². The molecule has 1 rings (SSSR count). The molecule has 1 aromatic carbocycles. The minimum atomic E-state index is 0.442. The average Bonchev–Trinajstić information content (AvgIpc) is 2.10. The number of halogens is 1. The van der Waals surface area contributed by atoms with Crippen LogP contribution in [0.5, 0.6) is 0 Å². The van der Waals surface area contributed by atoms with Crippen molar-refractivity contribution in [2.75, 3.05) is 0 Å². The van der Waals surface area contributed by atoms with Gasteiger partial charge < -0.3 is 0 Å². The summed E-state index contributed by atoms with van der Waals surface area (Å²) in [7, 11) is 0. The van der Waals surface area contributed by atoms with Gasteiger partial charge in [0.15, 0.2) is 0 Å². The second-order valence-corrected chi connectivity index (χ2v) is 5.69. The van der Waals surface area contributed by atoms with Gasteiger partial charge >= 0.3 is 0 Å². The molecule has 0 bridgehead atoms. The molecule has 0 aliphatic rings. The first kappa shape index (κ1) is 12.5. The lowest BCUT2D eigenvalue weighted by atomic mass is 9.97. The molecule has 0 aromatic heterocycles. The van der Waals surface area contributed by atoms with E-state index in [0.29, 0.717) is 4.83 Å². The summed E-state index contributed by atoms with van der Waals surface area (Å²) in [6, 6.07) is 4.48. The van der Waals surface area contributed by atoms with Crippen molar-refractivity contribution in [3.05, 3.63) is 40.0 Å². The Labute approximate surface area is 102 Å². The summed E-state index contributed by atoms with van der Waals surface area (Å²) in [6.45, 7) is 10.8. The molecule has 15 heavy (non-hydrogen) atoms. The monoisotopic (exact) mass is 266 g/mol. The van der Waals surface area contributed by atoms with E-state index in [9.17, 15) is 0 Å². The third-order valence-corrected chi connectivity index (χ3v) is 3.46. The number of hydrogen-bond acceptors (Lipinski definition) is 0. The van der Waals surface area contributed by atoms with Gasteiger partial charge in [-0.25, -0.2) is 0 Å². The van der Waals surface area contributed by atoms with Crippen LogP contribution < -0.4 is 0 Å². The van der Waals surface area contributed by atoms with Crippen molar-refractivity contribution in [2.24, 2.45) is 0 Å². The van der Waals surface area contributed by atoms with Crippen LogP contribution in [0.2, 0.25) is 0 Å². The second-order valence-electron chi connectivity index (χ2n) is 4.32. The molecule has 0 spiro atoms. The third-order valence-electron chi connectivity index (χ3n) is 2.74. The summed E-state index contributed by atoms with van der Waals surface area (Å²) < 4.78 is 0. The molecule has 0 radical (unpaired) electrons. The molecule has 0 aliphatic carbocycles. The molecule has 1 heteroatoms. The highest BCUT2D eigenvalue weighted by Gasteiger charge is 2.04. The number of hydrogen-bond donors (Lipinski definition) is 0. The number of rotatable bonds is 2. The first-order valence-corrected chi connectivity index (χ1v) is 6.23. The Morgan fingerprint density at radius 1 is 1.20 bits per heavy atom. The predicted octanol–water partition coefficient (Wildman–Crippen LogP) is 4.80. The zero-order chi connectivity index (χ0) is 11.6. The fraction of sp³-hybridized carbons (Fsp3) is 0.429. The molecule has 1 atom stereocenters. The van der Waals surface area contributed by atoms with Crippen LogP contribution in [0.25, 0.3) is 6.08 Å². The quantitative estimate of drug-likeness (QED) is 0.675. The Morgan fingerprint density at radius 3 is 2.07 bits per heavy atom. The molecule has 0 aliphatic heterocycles. The van der Waals surface area contributed by atoms with Gasteiger partial charge in [-0.3, -0.25) is 0 Å². The summed E-state index contributed by atoms with van der Waals surface area (Å²) in [4.78, 5) is 0.442. The first-order valence-electron chi connectivity index (χ1n) is 5.32. The molecule has 0 fully saturated rings. The Bertz CT molecular complexity index is 363. The minimum Gasteiger partial charge on any atom is -0.0845 e. The van der Waals surface area contributed by atoms with Gasteiger partial charge in [-0.05, 0) is 51.3 Å². The van der Waals surface area contributed by atoms with Gasteiger partial charge in [0.25, 0.3) is 0 Å². The summed E-state index contributed by atoms with van der Waals surface area (Å²) >= 11 is 3.59. The van der Waals surface area contributed by atoms with Crippen LogP contribution in [0.3, 0.4) is 0 Å². The predicted molar refractivity (Wildman–Crippen MR) is 72.7 cm³/mol. The minimum absolute atomic E-state index is 0.442. The van der Waals surface area contributed by atoms with Gasteiger partial charge in [0.1, 0.15) is 0 Å². The normalized spacial score (nSPS) is 14.1. The van der Waals surface area contributed by atoms with Gasteiger partial charge in [0.05, 0.1) is 0 Å². The topological polar surface area (TPSA) is 0 Å². The molecule has 0 amide bonds. The van der Waals surface area contributed by atoms with Crippen molar-refractivity contribution in [2.45, 2.75) is 39.4 Å². The van der Waals surface area contributed by atoms with E-state index in [0.717, 1.165) is 0 Å². The highest BCUT2D eigenvalue weighted by atomic mass is 79.9. The maximum absolute atomic E-state index is 3.59. The molecular formula is C14H19Br. The van der Waals surface area contributed by atoms with Crippen molar-refractivity contribution in [1.29, 1.82) is 0 Å². The lowest BCUT2D eigenvalue weighted by molar-refractivity contribution is 1.15. The highest BCUT2D eigenvalue weighted by Crippen LogP contribution is 2.22. The average molecular weight is 267 g/mol. The lowest BCUT2D eigenvalue weighted by Gasteiger charge is -2.10. The smallest absolute Gasteiger partial charge is 0.0326 e. The molecule has 82 valence electrons. The van der Waals surface area contributed by atoms with Gasteiger partial charge in [-0.2, -0.15) is 0 Å². The third kappa shape index (κ3) is 3.20. The molecule has 1 aromatic rings. The van der Waals surface area contributed by atoms with Crippen LogP contribution in [0.1, 0.15) is 36.1 Å². The lowest BCUT2D eigenvalue weighted by Crippen LogP contribution is -1.94. The van der Waals surface area contributed by atoms with E-state index >= 15 is 0 Å². The van der Waals surface area contributed by atoms with Gasteiger partial charge in [-0.15, -0.1) is 0 Å². The van der Waals surface area contributed by atoms with E-state index in [2.05, 4.69) is 68.8 Å². The first-order chi connectivity index (χ1) is 6.91. The summed E-state index contributed by atoms with van der Waals surface area (Å²) in [6.07, 6.45) is 2.28. The van der Waals surface area contributed by atoms with Gasteiger partial charge in [0, 0.05) is 4.83 Å². The van der Waals surface area contributed by atoms with Crippen LogP contribution in [-0.2, 0) is 0 Å². The van der Waals surface area contributed by atoms with Crippen LogP contribution >= 0.6 is 15.9 Å². The fourth-order valence-electron chi connectivity index (χ4n) is 1.76. The number of aryl methyl sites for hydroxylation is 3. The largest absolute Gasteiger partial charge is 0.0845 e. The summed E-state index contributed by atoms with van der Waals surface area (Å²) in [5, 5.41) is 0. The van der Waals surface area contributed by atoms with Crippen LogP contribution in [0.4, 0.5) is 0 Å². The molecule has 1 unspecified atom stereocenters. The standard InChI is InChI=1S/C14H19Br/c1-9-6-11(3)14(12(4)7-9)8-10(2)13(5)15/h6-8,13H,1-5H3/b10-8+.